The maximum Gasteiger partial charge on any atom is 0.326 e. The number of carbonyl (C=O) groups excluding carboxylic acids is 5. The first kappa shape index (κ1) is 47.4. The normalized spacial score (nSPS) is 13.8. The average molecular weight is 778 g/mol. The summed E-state index contributed by atoms with van der Waals surface area (Å²) in [5, 5.41) is 24.6. The molecule has 0 radical (unpaired) electrons. The van der Waals surface area contributed by atoms with Crippen molar-refractivity contribution in [3.8, 4) is 0 Å². The molecule has 0 heterocycles. The summed E-state index contributed by atoms with van der Waals surface area (Å²) in [5.74, 6) is -3.04. The maximum atomic E-state index is 14.0. The Morgan fingerprint density at radius 1 is 0.607 bits per heavy atom. The van der Waals surface area contributed by atoms with E-state index in [9.17, 15) is 33.9 Å². The van der Waals surface area contributed by atoms with Gasteiger partial charge in [0.15, 0.2) is 0 Å². The monoisotopic (exact) mass is 778 g/mol. The Hall–Kier alpha value is -4.74. The third-order valence-corrected chi connectivity index (χ3v) is 9.71. The molecule has 2 aromatic carbocycles. The van der Waals surface area contributed by atoms with E-state index in [-0.39, 0.29) is 48.5 Å². The summed E-state index contributed by atoms with van der Waals surface area (Å²) in [5.41, 5.74) is -0.688. The highest BCUT2D eigenvalue weighted by Crippen LogP contribution is 2.39. The molecule has 0 saturated heterocycles. The van der Waals surface area contributed by atoms with Crippen molar-refractivity contribution in [1.82, 2.24) is 26.6 Å². The molecular formula is C44H67N5O7. The summed E-state index contributed by atoms with van der Waals surface area (Å²) in [7, 11) is 0. The summed E-state index contributed by atoms with van der Waals surface area (Å²) in [6.07, 6.45) is 2.74. The summed E-state index contributed by atoms with van der Waals surface area (Å²) in [6.45, 7) is 19.7. The average Bonchev–Trinajstić information content (AvgIpc) is 3.07. The second-order valence-electron chi connectivity index (χ2n) is 18.3. The third kappa shape index (κ3) is 17.4. The summed E-state index contributed by atoms with van der Waals surface area (Å²) in [4.78, 5) is 78.2. The first-order chi connectivity index (χ1) is 25.9. The first-order valence-corrected chi connectivity index (χ1v) is 19.7. The molecule has 12 heteroatoms. The highest BCUT2D eigenvalue weighted by atomic mass is 16.4. The van der Waals surface area contributed by atoms with Gasteiger partial charge in [-0.05, 0) is 52.0 Å². The van der Waals surface area contributed by atoms with E-state index in [0.717, 1.165) is 17.5 Å². The van der Waals surface area contributed by atoms with Crippen molar-refractivity contribution in [2.45, 2.75) is 132 Å². The van der Waals surface area contributed by atoms with Crippen LogP contribution in [0.15, 0.2) is 60.7 Å². The van der Waals surface area contributed by atoms with E-state index < -0.39 is 52.6 Å². The number of nitrogens with one attached hydrogen (secondary N) is 5. The first-order valence-electron chi connectivity index (χ1n) is 19.7. The second-order valence-corrected chi connectivity index (χ2v) is 18.3. The number of benzene rings is 2. The zero-order chi connectivity index (χ0) is 42.3. The number of carboxylic acids is 1. The number of aliphatic carboxylic acids is 1. The molecule has 0 bridgehead atoms. The van der Waals surface area contributed by atoms with E-state index >= 15 is 0 Å². The smallest absolute Gasteiger partial charge is 0.326 e. The predicted octanol–water partition coefficient (Wildman–Crippen LogP) is 5.34. The molecule has 6 N–H and O–H groups in total. The fraction of sp³-hybridized carbons (Fsp3) is 0.591. The van der Waals surface area contributed by atoms with Crippen LogP contribution in [0.25, 0.3) is 0 Å². The molecule has 0 spiro atoms. The van der Waals surface area contributed by atoms with E-state index in [1.54, 1.807) is 13.8 Å². The Morgan fingerprint density at radius 2 is 1.05 bits per heavy atom. The van der Waals surface area contributed by atoms with Crippen LogP contribution >= 0.6 is 0 Å². The molecule has 12 nitrogen and oxygen atoms in total. The van der Waals surface area contributed by atoms with Crippen molar-refractivity contribution in [3.63, 3.8) is 0 Å². The van der Waals surface area contributed by atoms with Crippen LogP contribution < -0.4 is 26.6 Å². The number of carboxylic acid groups (broad SMARTS) is 1. The molecular weight excluding hydrogens is 711 g/mol. The highest BCUT2D eigenvalue weighted by molar-refractivity contribution is 5.93. The van der Waals surface area contributed by atoms with Crippen molar-refractivity contribution < 1.29 is 33.9 Å². The Bertz CT molecular complexity index is 1620. The van der Waals surface area contributed by atoms with Gasteiger partial charge in [-0.1, -0.05) is 123 Å². The zero-order valence-electron chi connectivity index (χ0n) is 35.3. The molecule has 0 aliphatic rings. The number of hydrogen-bond donors (Lipinski definition) is 6. The largest absolute Gasteiger partial charge is 0.480 e. The van der Waals surface area contributed by atoms with Gasteiger partial charge in [-0.2, -0.15) is 0 Å². The van der Waals surface area contributed by atoms with E-state index in [4.69, 9.17) is 0 Å². The Morgan fingerprint density at radius 3 is 1.50 bits per heavy atom. The number of rotatable bonds is 23. The van der Waals surface area contributed by atoms with Gasteiger partial charge >= 0.3 is 5.97 Å². The van der Waals surface area contributed by atoms with Gasteiger partial charge in [0.25, 0.3) is 0 Å². The van der Waals surface area contributed by atoms with Crippen LogP contribution in [0, 0.1) is 21.7 Å². The van der Waals surface area contributed by atoms with Crippen molar-refractivity contribution in [2.75, 3.05) is 13.1 Å². The molecule has 2 aromatic rings. The van der Waals surface area contributed by atoms with Crippen LogP contribution in [0.5, 0.6) is 0 Å². The molecule has 0 aliphatic heterocycles. The van der Waals surface area contributed by atoms with Gasteiger partial charge in [0.05, 0.1) is 0 Å². The topological polar surface area (TPSA) is 183 Å². The Kier molecular flexibility index (Phi) is 17.8. The van der Waals surface area contributed by atoms with Gasteiger partial charge in [0, 0.05) is 45.7 Å². The van der Waals surface area contributed by atoms with Gasteiger partial charge < -0.3 is 31.7 Å². The highest BCUT2D eigenvalue weighted by Gasteiger charge is 2.42. The van der Waals surface area contributed by atoms with Gasteiger partial charge in [-0.25, -0.2) is 4.79 Å². The maximum absolute atomic E-state index is 14.0. The fourth-order valence-electron chi connectivity index (χ4n) is 7.89. The van der Waals surface area contributed by atoms with Gasteiger partial charge in [-0.15, -0.1) is 0 Å². The van der Waals surface area contributed by atoms with Crippen LogP contribution in [0.2, 0.25) is 0 Å². The number of amides is 5. The summed E-state index contributed by atoms with van der Waals surface area (Å²) >= 11 is 0. The number of carbonyl (C=O) groups is 6. The minimum Gasteiger partial charge on any atom is -0.480 e. The van der Waals surface area contributed by atoms with Gasteiger partial charge in [0.2, 0.25) is 29.5 Å². The molecule has 3 atom stereocenters. The minimum atomic E-state index is -1.34. The van der Waals surface area contributed by atoms with Gasteiger partial charge in [-0.3, -0.25) is 24.0 Å². The van der Waals surface area contributed by atoms with Gasteiger partial charge in [0.1, 0.15) is 18.1 Å². The Balaban J connectivity index is 2.17. The second kappa shape index (κ2) is 21.0. The van der Waals surface area contributed by atoms with Crippen LogP contribution in [-0.4, -0.2) is 71.8 Å². The molecule has 5 amide bonds. The summed E-state index contributed by atoms with van der Waals surface area (Å²) in [6, 6.07) is 14.8. The fourth-order valence-corrected chi connectivity index (χ4v) is 7.89. The lowest BCUT2D eigenvalue weighted by atomic mass is 9.70. The molecule has 2 rings (SSSR count). The predicted molar refractivity (Wildman–Crippen MR) is 219 cm³/mol. The third-order valence-electron chi connectivity index (χ3n) is 9.71. The van der Waals surface area contributed by atoms with Crippen LogP contribution in [0.1, 0.15) is 112 Å². The molecule has 0 aliphatic carbocycles. The van der Waals surface area contributed by atoms with E-state index in [1.807, 2.05) is 109 Å². The lowest BCUT2D eigenvalue weighted by Gasteiger charge is -2.39. The van der Waals surface area contributed by atoms with E-state index in [0.29, 0.717) is 25.8 Å². The summed E-state index contributed by atoms with van der Waals surface area (Å²) < 4.78 is 0. The van der Waals surface area contributed by atoms with Crippen molar-refractivity contribution in [1.29, 1.82) is 0 Å². The van der Waals surface area contributed by atoms with Crippen molar-refractivity contribution in [2.24, 2.45) is 21.7 Å². The molecule has 0 aromatic heterocycles. The van der Waals surface area contributed by atoms with E-state index in [2.05, 4.69) is 26.6 Å². The van der Waals surface area contributed by atoms with Crippen molar-refractivity contribution in [3.05, 3.63) is 71.8 Å². The lowest BCUT2D eigenvalue weighted by Crippen LogP contribution is -2.59. The molecule has 56 heavy (non-hydrogen) atoms. The minimum absolute atomic E-state index is 0.00299. The van der Waals surface area contributed by atoms with Crippen LogP contribution in [-0.2, 0) is 41.6 Å². The SMILES string of the molecule is CCCNC(=O)CC(C)(C)CC(C)(C)CC(=O)NCC(C)(C)CC(C)(C)[C@@H](NC(=O)[C@@H](Cc1ccccc1)NC(=O)[C@@H](Cc1ccccc1)NC(C)=O)C(=O)O. The van der Waals surface area contributed by atoms with Crippen LogP contribution in [0.4, 0.5) is 0 Å². The standard InChI is InChI=1S/C44H67N5O7/c1-11-22-45-35(51)25-41(3,4)27-42(5,6)26-36(52)46-29-43(7,8)28-44(9,10)37(40(55)56)49-39(54)34(24-32-20-16-13-17-21-32)48-38(53)33(47-30(2)50)23-31-18-14-12-15-19-31/h12-21,33-34,37H,11,22-29H2,1-10H3,(H,45,51)(H,46,52)(H,47,50)(H,48,53)(H,49,54)(H,55,56)/t33-,34-,37+/m1/s1. The quantitative estimate of drug-likeness (QED) is 0.0881. The molecule has 0 fully saturated rings. The molecule has 0 saturated carbocycles. The Labute approximate surface area is 334 Å². The van der Waals surface area contributed by atoms with E-state index in [1.165, 1.54) is 6.92 Å². The molecule has 0 unspecified atom stereocenters. The van der Waals surface area contributed by atoms with Crippen LogP contribution in [0.3, 0.4) is 0 Å². The van der Waals surface area contributed by atoms with Crippen molar-refractivity contribution >= 4 is 35.5 Å². The lowest BCUT2D eigenvalue weighted by molar-refractivity contribution is -0.146. The number of hydrogen-bond acceptors (Lipinski definition) is 6. The zero-order valence-corrected chi connectivity index (χ0v) is 35.3. The molecule has 310 valence electrons.